The highest BCUT2D eigenvalue weighted by Gasteiger charge is 2.14. The van der Waals surface area contributed by atoms with Gasteiger partial charge in [-0.15, -0.1) is 0 Å². The highest BCUT2D eigenvalue weighted by Crippen LogP contribution is 2.33. The number of hydrogen-bond acceptors (Lipinski definition) is 5. The summed E-state index contributed by atoms with van der Waals surface area (Å²) in [4.78, 5) is 19.9. The van der Waals surface area contributed by atoms with Gasteiger partial charge in [-0.25, -0.2) is 10.8 Å². The van der Waals surface area contributed by atoms with Gasteiger partial charge in [-0.05, 0) is 12.1 Å². The number of benzene rings is 1. The van der Waals surface area contributed by atoms with Crippen LogP contribution < -0.4 is 16.6 Å². The maximum Gasteiger partial charge on any atom is 0.276 e. The standard InChI is InChI=1S/C11H8BrCl2N5O/c12-5-1-6(13)10(7(14)2-5)18-11(20)8-3-16-4-9(17-8)19-15/h1-4H,15H2,(H,17,19)(H,18,20). The predicted molar refractivity (Wildman–Crippen MR) is 82.0 cm³/mol. The van der Waals surface area contributed by atoms with Crippen LogP contribution >= 0.6 is 39.1 Å². The lowest BCUT2D eigenvalue weighted by molar-refractivity contribution is 0.102. The monoisotopic (exact) mass is 375 g/mol. The first-order chi connectivity index (χ1) is 9.51. The van der Waals surface area contributed by atoms with Crippen molar-refractivity contribution in [3.8, 4) is 0 Å². The summed E-state index contributed by atoms with van der Waals surface area (Å²) in [7, 11) is 0. The van der Waals surface area contributed by atoms with Crippen molar-refractivity contribution in [3.05, 3.63) is 44.7 Å². The number of nitrogens with zero attached hydrogens (tertiary/aromatic N) is 2. The number of hydrogen-bond donors (Lipinski definition) is 3. The van der Waals surface area contributed by atoms with E-state index in [1.807, 2.05) is 0 Å². The summed E-state index contributed by atoms with van der Waals surface area (Å²) in [6.07, 6.45) is 2.69. The van der Waals surface area contributed by atoms with Crippen LogP contribution in [0, 0.1) is 0 Å². The van der Waals surface area contributed by atoms with Gasteiger partial charge in [-0.3, -0.25) is 9.78 Å². The Balaban J connectivity index is 2.28. The number of nitrogen functional groups attached to an aromatic ring is 1. The number of carbonyl (C=O) groups excluding carboxylic acids is 1. The van der Waals surface area contributed by atoms with Gasteiger partial charge in [0, 0.05) is 4.47 Å². The molecular weight excluding hydrogens is 369 g/mol. The molecule has 0 aliphatic rings. The van der Waals surface area contributed by atoms with Crippen molar-refractivity contribution in [2.45, 2.75) is 0 Å². The topological polar surface area (TPSA) is 92.9 Å². The van der Waals surface area contributed by atoms with Gasteiger partial charge in [-0.2, -0.15) is 0 Å². The Morgan fingerprint density at radius 1 is 1.25 bits per heavy atom. The fourth-order valence-electron chi connectivity index (χ4n) is 1.38. The van der Waals surface area contributed by atoms with E-state index < -0.39 is 5.91 Å². The maximum absolute atomic E-state index is 12.1. The van der Waals surface area contributed by atoms with Crippen molar-refractivity contribution >= 4 is 56.5 Å². The van der Waals surface area contributed by atoms with E-state index in [0.29, 0.717) is 20.2 Å². The molecule has 0 spiro atoms. The van der Waals surface area contributed by atoms with Crippen molar-refractivity contribution < 1.29 is 4.79 Å². The third-order valence-corrected chi connectivity index (χ3v) is 3.31. The van der Waals surface area contributed by atoms with Crippen LogP contribution in [0.15, 0.2) is 29.0 Å². The van der Waals surface area contributed by atoms with Gasteiger partial charge in [0.2, 0.25) is 0 Å². The number of carbonyl (C=O) groups is 1. The lowest BCUT2D eigenvalue weighted by atomic mass is 10.3. The summed E-state index contributed by atoms with van der Waals surface area (Å²) in [5.74, 6) is 4.97. The van der Waals surface area contributed by atoms with Crippen molar-refractivity contribution in [1.29, 1.82) is 0 Å². The molecule has 0 aliphatic heterocycles. The number of hydrazine groups is 1. The molecule has 0 bridgehead atoms. The molecule has 0 saturated carbocycles. The fourth-order valence-corrected chi connectivity index (χ4v) is 2.69. The van der Waals surface area contributed by atoms with Crippen molar-refractivity contribution in [2.24, 2.45) is 5.84 Å². The van der Waals surface area contributed by atoms with E-state index in [2.05, 4.69) is 36.6 Å². The first-order valence-electron chi connectivity index (χ1n) is 5.26. The van der Waals surface area contributed by atoms with E-state index in [4.69, 9.17) is 29.0 Å². The smallest absolute Gasteiger partial charge is 0.276 e. The van der Waals surface area contributed by atoms with Gasteiger partial charge in [-0.1, -0.05) is 39.1 Å². The number of nitrogens with one attached hydrogen (secondary N) is 2. The molecule has 0 saturated heterocycles. The van der Waals surface area contributed by atoms with Gasteiger partial charge < -0.3 is 10.7 Å². The summed E-state index contributed by atoms with van der Waals surface area (Å²) in [5, 5.41) is 3.19. The molecule has 1 aromatic heterocycles. The van der Waals surface area contributed by atoms with Crippen LogP contribution in [0.3, 0.4) is 0 Å². The highest BCUT2D eigenvalue weighted by atomic mass is 79.9. The molecule has 0 atom stereocenters. The molecule has 6 nitrogen and oxygen atoms in total. The third-order valence-electron chi connectivity index (χ3n) is 2.26. The van der Waals surface area contributed by atoms with Crippen LogP contribution in [0.25, 0.3) is 0 Å². The number of anilines is 2. The van der Waals surface area contributed by atoms with Crippen LogP contribution in [0.5, 0.6) is 0 Å². The SMILES string of the molecule is NNc1cncc(C(=O)Nc2c(Cl)cc(Br)cc2Cl)n1. The van der Waals surface area contributed by atoms with E-state index in [-0.39, 0.29) is 11.5 Å². The summed E-state index contributed by atoms with van der Waals surface area (Å²) < 4.78 is 0.708. The molecule has 104 valence electrons. The van der Waals surface area contributed by atoms with E-state index >= 15 is 0 Å². The van der Waals surface area contributed by atoms with Crippen molar-refractivity contribution in [3.63, 3.8) is 0 Å². The average molecular weight is 377 g/mol. The first kappa shape index (κ1) is 15.0. The Morgan fingerprint density at radius 3 is 2.50 bits per heavy atom. The van der Waals surface area contributed by atoms with E-state index in [1.165, 1.54) is 12.4 Å². The molecule has 0 aliphatic carbocycles. The zero-order valence-corrected chi connectivity index (χ0v) is 12.9. The molecular formula is C11H8BrCl2N5O. The van der Waals surface area contributed by atoms with Gasteiger partial charge in [0.1, 0.15) is 5.69 Å². The van der Waals surface area contributed by atoms with E-state index in [9.17, 15) is 4.79 Å². The van der Waals surface area contributed by atoms with Crippen LogP contribution in [0.4, 0.5) is 11.5 Å². The molecule has 0 fully saturated rings. The second kappa shape index (κ2) is 6.36. The molecule has 1 aromatic carbocycles. The Morgan fingerprint density at radius 2 is 1.90 bits per heavy atom. The zero-order chi connectivity index (χ0) is 14.7. The summed E-state index contributed by atoms with van der Waals surface area (Å²) in [6, 6.07) is 3.24. The minimum atomic E-state index is -0.499. The Labute approximate surface area is 132 Å². The Kier molecular flexibility index (Phi) is 4.77. The second-order valence-electron chi connectivity index (χ2n) is 3.63. The van der Waals surface area contributed by atoms with Gasteiger partial charge in [0.15, 0.2) is 5.82 Å². The number of aromatic nitrogens is 2. The number of nitrogens with two attached hydrogens (primary N) is 1. The maximum atomic E-state index is 12.1. The number of amides is 1. The molecule has 20 heavy (non-hydrogen) atoms. The quantitative estimate of drug-likeness (QED) is 0.565. The minimum absolute atomic E-state index is 0.0792. The minimum Gasteiger partial charge on any atom is -0.318 e. The first-order valence-corrected chi connectivity index (χ1v) is 6.80. The Hall–Kier alpha value is -1.41. The molecule has 1 heterocycles. The third kappa shape index (κ3) is 3.37. The number of halogens is 3. The second-order valence-corrected chi connectivity index (χ2v) is 5.36. The molecule has 0 unspecified atom stereocenters. The lowest BCUT2D eigenvalue weighted by Crippen LogP contribution is -2.17. The number of rotatable bonds is 3. The molecule has 4 N–H and O–H groups in total. The molecule has 2 rings (SSSR count). The van der Waals surface area contributed by atoms with Crippen molar-refractivity contribution in [2.75, 3.05) is 10.7 Å². The summed E-state index contributed by atoms with van der Waals surface area (Å²) >= 11 is 15.3. The van der Waals surface area contributed by atoms with Gasteiger partial charge >= 0.3 is 0 Å². The zero-order valence-electron chi connectivity index (χ0n) is 9.82. The largest absolute Gasteiger partial charge is 0.318 e. The molecule has 0 radical (unpaired) electrons. The summed E-state index contributed by atoms with van der Waals surface area (Å²) in [6.45, 7) is 0. The molecule has 1 amide bonds. The van der Waals surface area contributed by atoms with Crippen LogP contribution in [-0.4, -0.2) is 15.9 Å². The molecule has 2 aromatic rings. The normalized spacial score (nSPS) is 10.2. The highest BCUT2D eigenvalue weighted by molar-refractivity contribution is 9.10. The van der Waals surface area contributed by atoms with Crippen LogP contribution in [0.2, 0.25) is 10.0 Å². The Bertz CT molecular complexity index is 644. The fraction of sp³-hybridized carbons (Fsp3) is 0. The average Bonchev–Trinajstić information content (AvgIpc) is 2.42. The van der Waals surface area contributed by atoms with E-state index in [1.54, 1.807) is 12.1 Å². The van der Waals surface area contributed by atoms with Gasteiger partial charge in [0.25, 0.3) is 5.91 Å². The molecule has 9 heteroatoms. The van der Waals surface area contributed by atoms with Crippen LogP contribution in [0.1, 0.15) is 10.5 Å². The van der Waals surface area contributed by atoms with Crippen LogP contribution in [-0.2, 0) is 0 Å². The lowest BCUT2D eigenvalue weighted by Gasteiger charge is -2.09. The van der Waals surface area contributed by atoms with Crippen molar-refractivity contribution in [1.82, 2.24) is 9.97 Å². The van der Waals surface area contributed by atoms with E-state index in [0.717, 1.165) is 0 Å². The van der Waals surface area contributed by atoms with Gasteiger partial charge in [0.05, 0.1) is 28.1 Å². The summed E-state index contributed by atoms with van der Waals surface area (Å²) in [5.41, 5.74) is 2.68. The predicted octanol–water partition coefficient (Wildman–Crippen LogP) is 3.08.